The Morgan fingerprint density at radius 2 is 0.725 bits per heavy atom. The van der Waals surface area contributed by atoms with Crippen molar-refractivity contribution in [3.63, 3.8) is 0 Å². The zero-order chi connectivity index (χ0) is 53.1. The number of para-hydroxylation sites is 5. The predicted molar refractivity (Wildman–Crippen MR) is 329 cm³/mol. The van der Waals surface area contributed by atoms with E-state index in [1.165, 1.54) is 27.7 Å². The first-order valence-corrected chi connectivity index (χ1v) is 27.6. The molecule has 0 saturated heterocycles. The highest BCUT2D eigenvalue weighted by molar-refractivity contribution is 7.04. The third-order valence-corrected chi connectivity index (χ3v) is 17.1. The second-order valence-corrected chi connectivity index (χ2v) is 22.3. The van der Waals surface area contributed by atoms with Crippen LogP contribution >= 0.6 is 0 Å². The van der Waals surface area contributed by atoms with Gasteiger partial charge in [-0.15, -0.1) is 0 Å². The summed E-state index contributed by atoms with van der Waals surface area (Å²) in [4.78, 5) is 7.42. The van der Waals surface area contributed by atoms with Crippen molar-refractivity contribution in [2.45, 2.75) is 27.7 Å². The summed E-state index contributed by atoms with van der Waals surface area (Å²) in [5.41, 5.74) is 24.0. The standard InChI is InChI=1S/C70H48B3N3O4/c1-41-30-42(2)33-47(32-41)75-55-39-64-54(72-51-23-12-14-25-59(51)77-62-28-17-29-63(79-64)68(62)72)38-53(55)73-66-56(75)36-49(74(45-18-7-5-8-19-45)46-20-9-6-10-21-46)37-57(66)76(48-34-43(3)31-44(4)35-48)58-40-65-69-70(67(58)73)80-61-27-16-13-24-52(61)71(69)50-22-11-15-26-60(50)78-65/h5-40H,1-4H3. The second-order valence-electron chi connectivity index (χ2n) is 22.3. The van der Waals surface area contributed by atoms with Gasteiger partial charge in [0.1, 0.15) is 46.0 Å². The zero-order valence-corrected chi connectivity index (χ0v) is 44.5. The molecule has 0 saturated carbocycles. The number of benzene rings is 11. The van der Waals surface area contributed by atoms with Crippen molar-refractivity contribution in [1.29, 1.82) is 0 Å². The minimum absolute atomic E-state index is 0.135. The number of nitrogens with zero attached hydrogens (tertiary/aromatic N) is 3. The molecule has 0 unspecified atom stereocenters. The molecule has 0 atom stereocenters. The molecule has 10 heteroatoms. The van der Waals surface area contributed by atoms with Crippen molar-refractivity contribution in [2.75, 3.05) is 14.7 Å². The van der Waals surface area contributed by atoms with Gasteiger partial charge in [-0.3, -0.25) is 0 Å². The topological polar surface area (TPSA) is 46.6 Å². The molecule has 11 aromatic carbocycles. The van der Waals surface area contributed by atoms with Crippen molar-refractivity contribution < 1.29 is 18.9 Å². The van der Waals surface area contributed by atoms with E-state index in [-0.39, 0.29) is 20.1 Å². The Bertz CT molecular complexity index is 4380. The second kappa shape index (κ2) is 16.9. The van der Waals surface area contributed by atoms with Crippen molar-refractivity contribution in [2.24, 2.45) is 0 Å². The Labute approximate surface area is 466 Å². The lowest BCUT2D eigenvalue weighted by molar-refractivity contribution is 0.464. The van der Waals surface area contributed by atoms with Crippen LogP contribution in [0.25, 0.3) is 0 Å². The van der Waals surface area contributed by atoms with Crippen LogP contribution in [0.2, 0.25) is 0 Å². The number of ether oxygens (including phenoxy) is 4. The number of hydrogen-bond acceptors (Lipinski definition) is 7. The fourth-order valence-electron chi connectivity index (χ4n) is 14.2. The molecule has 0 spiro atoms. The Morgan fingerprint density at radius 1 is 0.287 bits per heavy atom. The number of anilines is 9. The van der Waals surface area contributed by atoms with Gasteiger partial charge < -0.3 is 33.6 Å². The molecule has 0 amide bonds. The fourth-order valence-corrected chi connectivity index (χ4v) is 14.2. The summed E-state index contributed by atoms with van der Waals surface area (Å²) in [7, 11) is 0. The van der Waals surface area contributed by atoms with Gasteiger partial charge in [0.2, 0.25) is 0 Å². The van der Waals surface area contributed by atoms with Gasteiger partial charge in [-0.1, -0.05) is 115 Å². The van der Waals surface area contributed by atoms with Crippen LogP contribution in [0, 0.1) is 27.7 Å². The van der Waals surface area contributed by atoms with Crippen LogP contribution in [-0.2, 0) is 0 Å². The molecule has 0 aromatic heterocycles. The quantitative estimate of drug-likeness (QED) is 0.159. The SMILES string of the molecule is Cc1cc(C)cc(N2c3cc4c(cc3B3c5c2cc(N(c2ccccc2)c2ccccc2)cc5N(c2cc(C)cc(C)c2)c2cc5c6c(c23)Oc2ccccc2B6c2ccccc2O5)B2c3ccccc3Oc3cccc(c32)O4)c1. The highest BCUT2D eigenvalue weighted by Gasteiger charge is 2.52. The molecule has 0 fully saturated rings. The summed E-state index contributed by atoms with van der Waals surface area (Å²) < 4.78 is 28.8. The van der Waals surface area contributed by atoms with Gasteiger partial charge in [0.25, 0.3) is 20.1 Å². The minimum atomic E-state index is -0.356. The third kappa shape index (κ3) is 6.53. The van der Waals surface area contributed by atoms with Crippen molar-refractivity contribution in [1.82, 2.24) is 0 Å². The van der Waals surface area contributed by atoms with Crippen LogP contribution < -0.4 is 82.8 Å². The maximum absolute atomic E-state index is 7.62. The Hall–Kier alpha value is -9.79. The maximum Gasteiger partial charge on any atom is 0.260 e. The molecular weight excluding hydrogens is 979 g/mol. The average Bonchev–Trinajstić information content (AvgIpc) is 3.64. The number of rotatable bonds is 5. The highest BCUT2D eigenvalue weighted by atomic mass is 16.5. The molecule has 0 aliphatic carbocycles. The summed E-state index contributed by atoms with van der Waals surface area (Å²) in [6.45, 7) is 8.16. The van der Waals surface area contributed by atoms with E-state index in [4.69, 9.17) is 18.9 Å². The summed E-state index contributed by atoms with van der Waals surface area (Å²) >= 11 is 0. The van der Waals surface area contributed by atoms with E-state index in [1.807, 2.05) is 6.07 Å². The van der Waals surface area contributed by atoms with E-state index >= 15 is 0 Å². The van der Waals surface area contributed by atoms with E-state index in [0.717, 1.165) is 141 Å². The number of hydrogen-bond donors (Lipinski definition) is 0. The van der Waals surface area contributed by atoms with E-state index in [0.29, 0.717) is 0 Å². The van der Waals surface area contributed by atoms with Crippen LogP contribution in [0.3, 0.4) is 0 Å². The molecule has 80 heavy (non-hydrogen) atoms. The lowest BCUT2D eigenvalue weighted by Crippen LogP contribution is -2.66. The molecule has 0 N–H and O–H groups in total. The zero-order valence-electron chi connectivity index (χ0n) is 44.5. The normalized spacial score (nSPS) is 13.8. The molecular formula is C70H48B3N3O4. The molecule has 17 rings (SSSR count). The molecule has 7 nitrogen and oxygen atoms in total. The summed E-state index contributed by atoms with van der Waals surface area (Å²) in [6.07, 6.45) is 0. The van der Waals surface area contributed by atoms with Gasteiger partial charge in [-0.25, -0.2) is 0 Å². The molecule has 11 aromatic rings. The Morgan fingerprint density at radius 3 is 1.29 bits per heavy atom. The first-order valence-electron chi connectivity index (χ1n) is 27.6. The third-order valence-electron chi connectivity index (χ3n) is 17.1. The molecule has 6 heterocycles. The Kier molecular flexibility index (Phi) is 9.54. The van der Waals surface area contributed by atoms with Crippen molar-refractivity contribution in [3.05, 3.63) is 241 Å². The smallest absolute Gasteiger partial charge is 0.260 e. The van der Waals surface area contributed by atoms with E-state index in [2.05, 4.69) is 255 Å². The van der Waals surface area contributed by atoms with Gasteiger partial charge in [0.15, 0.2) is 0 Å². The van der Waals surface area contributed by atoms with Gasteiger partial charge in [0.05, 0.1) is 5.69 Å². The number of fused-ring (bicyclic) bond motifs is 13. The maximum atomic E-state index is 7.62. The average molecular weight is 1030 g/mol. The molecule has 6 aliphatic rings. The van der Waals surface area contributed by atoms with Crippen molar-refractivity contribution in [3.8, 4) is 46.0 Å². The lowest BCUT2D eigenvalue weighted by atomic mass is 9.29. The van der Waals surface area contributed by atoms with Crippen LogP contribution in [-0.4, -0.2) is 20.1 Å². The summed E-state index contributed by atoms with van der Waals surface area (Å²) in [5.74, 6) is 6.60. The first kappa shape index (κ1) is 45.3. The van der Waals surface area contributed by atoms with Crippen LogP contribution in [0.5, 0.6) is 46.0 Å². The highest BCUT2D eigenvalue weighted by Crippen LogP contribution is 2.52. The Balaban J connectivity index is 1.04. The van der Waals surface area contributed by atoms with Crippen LogP contribution in [0.1, 0.15) is 22.3 Å². The first-order chi connectivity index (χ1) is 39.3. The lowest BCUT2D eigenvalue weighted by Gasteiger charge is -2.47. The van der Waals surface area contributed by atoms with Gasteiger partial charge in [-0.05, 0) is 179 Å². The molecule has 0 bridgehead atoms. The van der Waals surface area contributed by atoms with Crippen LogP contribution in [0.4, 0.5) is 51.2 Å². The van der Waals surface area contributed by atoms with E-state index in [1.54, 1.807) is 0 Å². The van der Waals surface area contributed by atoms with Gasteiger partial charge in [0, 0.05) is 68.6 Å². The summed E-state index contributed by atoms with van der Waals surface area (Å²) in [6, 6.07) is 79.1. The molecule has 376 valence electrons. The van der Waals surface area contributed by atoms with E-state index < -0.39 is 0 Å². The molecule has 6 aliphatic heterocycles. The van der Waals surface area contributed by atoms with Crippen LogP contribution in [0.15, 0.2) is 218 Å². The summed E-state index contributed by atoms with van der Waals surface area (Å²) in [5, 5.41) is 0. The number of aryl methyl sites for hydroxylation is 4. The van der Waals surface area contributed by atoms with E-state index in [9.17, 15) is 0 Å². The predicted octanol–water partition coefficient (Wildman–Crippen LogP) is 11.9. The fraction of sp³-hybridized carbons (Fsp3) is 0.0571. The monoisotopic (exact) mass is 1030 g/mol. The largest absolute Gasteiger partial charge is 0.459 e. The van der Waals surface area contributed by atoms with Gasteiger partial charge in [-0.2, -0.15) is 0 Å². The molecule has 0 radical (unpaired) electrons. The van der Waals surface area contributed by atoms with Gasteiger partial charge >= 0.3 is 0 Å². The van der Waals surface area contributed by atoms with Crippen molar-refractivity contribution >= 4 is 120 Å². The minimum Gasteiger partial charge on any atom is -0.459 e.